The highest BCUT2D eigenvalue weighted by Gasteiger charge is 2.08. The van der Waals surface area contributed by atoms with Crippen molar-refractivity contribution in [3.63, 3.8) is 0 Å². The van der Waals surface area contributed by atoms with Crippen molar-refractivity contribution in [2.45, 2.75) is 30.5 Å². The molecule has 1 nitrogen and oxygen atoms in total. The van der Waals surface area contributed by atoms with Crippen LogP contribution >= 0.6 is 11.8 Å². The first kappa shape index (κ1) is 15.1. The van der Waals surface area contributed by atoms with Gasteiger partial charge in [0.25, 0.3) is 0 Å². The highest BCUT2D eigenvalue weighted by molar-refractivity contribution is 7.98. The molecule has 0 unspecified atom stereocenters. The fourth-order valence-corrected chi connectivity index (χ4v) is 3.00. The molecule has 0 aliphatic heterocycles. The Kier molecular flexibility index (Phi) is 6.09. The zero-order valence-electron chi connectivity index (χ0n) is 11.7. The Morgan fingerprint density at radius 3 is 2.60 bits per heavy atom. The molecule has 1 N–H and O–H groups in total. The number of halogens is 1. The monoisotopic (exact) mass is 289 g/mol. The molecule has 2 aromatic rings. The molecule has 0 spiro atoms. The van der Waals surface area contributed by atoms with E-state index in [-0.39, 0.29) is 5.82 Å². The molecule has 0 heterocycles. The second-order valence-corrected chi connectivity index (χ2v) is 5.68. The van der Waals surface area contributed by atoms with Crippen LogP contribution in [0.15, 0.2) is 53.4 Å². The molecule has 0 aromatic heterocycles. The number of hydrogen-bond donors (Lipinski definition) is 1. The Bertz CT molecular complexity index is 528. The molecule has 20 heavy (non-hydrogen) atoms. The van der Waals surface area contributed by atoms with Gasteiger partial charge in [0.05, 0.1) is 0 Å². The largest absolute Gasteiger partial charge is 0.313 e. The minimum Gasteiger partial charge on any atom is -0.313 e. The van der Waals surface area contributed by atoms with Crippen LogP contribution < -0.4 is 5.32 Å². The van der Waals surface area contributed by atoms with Crippen LogP contribution in [0.5, 0.6) is 0 Å². The molecule has 0 radical (unpaired) electrons. The molecule has 0 aliphatic rings. The van der Waals surface area contributed by atoms with E-state index in [2.05, 4.69) is 24.4 Å². The van der Waals surface area contributed by atoms with Crippen molar-refractivity contribution in [3.05, 3.63) is 65.5 Å². The molecule has 0 bridgehead atoms. The van der Waals surface area contributed by atoms with Gasteiger partial charge in [0.15, 0.2) is 0 Å². The first-order chi connectivity index (χ1) is 9.81. The summed E-state index contributed by atoms with van der Waals surface area (Å²) in [5.74, 6) is 0.747. The number of hydrogen-bond acceptors (Lipinski definition) is 2. The average Bonchev–Trinajstić information content (AvgIpc) is 2.48. The third-order valence-corrected chi connectivity index (χ3v) is 4.21. The summed E-state index contributed by atoms with van der Waals surface area (Å²) in [4.78, 5) is 1.03. The molecule has 0 atom stereocenters. The summed E-state index contributed by atoms with van der Waals surface area (Å²) in [5, 5.41) is 3.28. The van der Waals surface area contributed by atoms with E-state index in [0.29, 0.717) is 6.54 Å². The Morgan fingerprint density at radius 2 is 1.85 bits per heavy atom. The number of nitrogens with one attached hydrogen (secondary N) is 1. The molecule has 0 fully saturated rings. The summed E-state index contributed by atoms with van der Waals surface area (Å²) in [7, 11) is 0. The van der Waals surface area contributed by atoms with E-state index in [1.165, 1.54) is 11.6 Å². The normalized spacial score (nSPS) is 10.7. The zero-order chi connectivity index (χ0) is 14.2. The van der Waals surface area contributed by atoms with Gasteiger partial charge in [-0.2, -0.15) is 0 Å². The maximum Gasteiger partial charge on any atom is 0.128 e. The molecular weight excluding hydrogens is 269 g/mol. The van der Waals surface area contributed by atoms with Crippen molar-refractivity contribution >= 4 is 11.8 Å². The first-order valence-corrected chi connectivity index (χ1v) is 7.94. The standard InChI is InChI=1S/C17H20FNS/c1-2-11-19-12-15-16(18)9-6-10-17(15)20-13-14-7-4-3-5-8-14/h3-10,19H,2,11-13H2,1H3. The Hall–Kier alpha value is -1.32. The SMILES string of the molecule is CCCNCc1c(F)cccc1SCc1ccccc1. The minimum absolute atomic E-state index is 0.119. The number of rotatable bonds is 7. The van der Waals surface area contributed by atoms with Gasteiger partial charge in [0.2, 0.25) is 0 Å². The lowest BCUT2D eigenvalue weighted by Gasteiger charge is -2.11. The maximum atomic E-state index is 13.9. The summed E-state index contributed by atoms with van der Waals surface area (Å²) in [5.41, 5.74) is 2.04. The van der Waals surface area contributed by atoms with Gasteiger partial charge in [0, 0.05) is 22.8 Å². The van der Waals surface area contributed by atoms with E-state index in [1.807, 2.05) is 24.3 Å². The second kappa shape index (κ2) is 8.08. The third-order valence-electron chi connectivity index (χ3n) is 3.04. The van der Waals surface area contributed by atoms with Crippen LogP contribution in [0.3, 0.4) is 0 Å². The number of benzene rings is 2. The average molecular weight is 289 g/mol. The minimum atomic E-state index is -0.119. The van der Waals surface area contributed by atoms with Gasteiger partial charge in [0.1, 0.15) is 5.82 Å². The van der Waals surface area contributed by atoms with Gasteiger partial charge in [-0.25, -0.2) is 4.39 Å². The predicted octanol–water partition coefficient (Wildman–Crippen LogP) is 4.62. The molecule has 0 saturated heterocycles. The van der Waals surface area contributed by atoms with E-state index in [0.717, 1.165) is 29.2 Å². The molecule has 0 aliphatic carbocycles. The topological polar surface area (TPSA) is 12.0 Å². The summed E-state index contributed by atoms with van der Waals surface area (Å²) in [6.45, 7) is 3.62. The zero-order valence-corrected chi connectivity index (χ0v) is 12.5. The van der Waals surface area contributed by atoms with Crippen LogP contribution in [-0.4, -0.2) is 6.54 Å². The van der Waals surface area contributed by atoms with Gasteiger partial charge in [-0.15, -0.1) is 11.8 Å². The van der Waals surface area contributed by atoms with Crippen molar-refractivity contribution in [3.8, 4) is 0 Å². The molecule has 2 rings (SSSR count). The van der Waals surface area contributed by atoms with Crippen LogP contribution in [0.1, 0.15) is 24.5 Å². The van der Waals surface area contributed by atoms with E-state index in [9.17, 15) is 4.39 Å². The van der Waals surface area contributed by atoms with Crippen molar-refractivity contribution in [1.29, 1.82) is 0 Å². The van der Waals surface area contributed by atoms with Gasteiger partial charge in [-0.3, -0.25) is 0 Å². The molecular formula is C17H20FNS. The molecule has 106 valence electrons. The van der Waals surface area contributed by atoms with E-state index in [4.69, 9.17) is 0 Å². The molecule has 0 amide bonds. The van der Waals surface area contributed by atoms with Crippen LogP contribution in [0.25, 0.3) is 0 Å². The fraction of sp³-hybridized carbons (Fsp3) is 0.294. The smallest absolute Gasteiger partial charge is 0.128 e. The maximum absolute atomic E-state index is 13.9. The molecule has 0 saturated carbocycles. The summed E-state index contributed by atoms with van der Waals surface area (Å²) in [6.07, 6.45) is 1.06. The highest BCUT2D eigenvalue weighted by Crippen LogP contribution is 2.27. The quantitative estimate of drug-likeness (QED) is 0.590. The Morgan fingerprint density at radius 1 is 1.05 bits per heavy atom. The highest BCUT2D eigenvalue weighted by atomic mass is 32.2. The van der Waals surface area contributed by atoms with Crippen molar-refractivity contribution in [2.24, 2.45) is 0 Å². The summed E-state index contributed by atoms with van der Waals surface area (Å²) in [6, 6.07) is 15.6. The fourth-order valence-electron chi connectivity index (χ4n) is 1.97. The molecule has 2 aromatic carbocycles. The lowest BCUT2D eigenvalue weighted by atomic mass is 10.2. The predicted molar refractivity (Wildman–Crippen MR) is 84.4 cm³/mol. The van der Waals surface area contributed by atoms with Crippen LogP contribution in [0, 0.1) is 5.82 Å². The van der Waals surface area contributed by atoms with Crippen LogP contribution in [-0.2, 0) is 12.3 Å². The van der Waals surface area contributed by atoms with E-state index >= 15 is 0 Å². The van der Waals surface area contributed by atoms with Crippen molar-refractivity contribution < 1.29 is 4.39 Å². The van der Waals surface area contributed by atoms with Crippen molar-refractivity contribution in [1.82, 2.24) is 5.32 Å². The third kappa shape index (κ3) is 4.36. The van der Waals surface area contributed by atoms with Gasteiger partial charge in [-0.05, 0) is 30.7 Å². The van der Waals surface area contributed by atoms with Crippen LogP contribution in [0.2, 0.25) is 0 Å². The van der Waals surface area contributed by atoms with Crippen molar-refractivity contribution in [2.75, 3.05) is 6.54 Å². The van der Waals surface area contributed by atoms with Crippen LogP contribution in [0.4, 0.5) is 4.39 Å². The second-order valence-electron chi connectivity index (χ2n) is 4.67. The van der Waals surface area contributed by atoms with E-state index in [1.54, 1.807) is 17.8 Å². The van der Waals surface area contributed by atoms with E-state index < -0.39 is 0 Å². The lowest BCUT2D eigenvalue weighted by molar-refractivity contribution is 0.578. The lowest BCUT2D eigenvalue weighted by Crippen LogP contribution is -2.15. The summed E-state index contributed by atoms with van der Waals surface area (Å²) >= 11 is 1.69. The Balaban J connectivity index is 2.04. The first-order valence-electron chi connectivity index (χ1n) is 6.96. The van der Waals surface area contributed by atoms with Gasteiger partial charge < -0.3 is 5.32 Å². The Labute approximate surface area is 124 Å². The van der Waals surface area contributed by atoms with Gasteiger partial charge in [-0.1, -0.05) is 43.3 Å². The number of thioether (sulfide) groups is 1. The summed E-state index contributed by atoms with van der Waals surface area (Å²) < 4.78 is 13.9. The van der Waals surface area contributed by atoms with Gasteiger partial charge >= 0.3 is 0 Å². The molecule has 3 heteroatoms.